The molecule has 0 saturated carbocycles. The van der Waals surface area contributed by atoms with Gasteiger partial charge in [0.15, 0.2) is 5.13 Å². The van der Waals surface area contributed by atoms with Crippen molar-refractivity contribution in [3.63, 3.8) is 0 Å². The maximum Gasteiger partial charge on any atom is 0.285 e. The number of thiazole rings is 1. The second-order valence-electron chi connectivity index (χ2n) is 6.47. The molecule has 0 atom stereocenters. The van der Waals surface area contributed by atoms with Gasteiger partial charge in [0.1, 0.15) is 11.6 Å². The Balaban J connectivity index is 1.97. The number of rotatable bonds is 4. The van der Waals surface area contributed by atoms with Crippen LogP contribution >= 0.6 is 11.3 Å². The molecule has 0 bridgehead atoms. The Morgan fingerprint density at radius 2 is 2.07 bits per heavy atom. The first-order chi connectivity index (χ1) is 13.3. The summed E-state index contributed by atoms with van der Waals surface area (Å²) < 4.78 is 1.24. The summed E-state index contributed by atoms with van der Waals surface area (Å²) in [5, 5.41) is 15.8. The smallest absolute Gasteiger partial charge is 0.274 e. The molecule has 0 radical (unpaired) electrons. The van der Waals surface area contributed by atoms with Crippen LogP contribution in [0, 0.1) is 32.1 Å². The molecule has 0 aliphatic heterocycles. The SMILES string of the molecule is CC(=O)N(c1cccc(C)c1)c1nc(Cn2nc(C)c(C)c(C#N)c2=O)cs1. The minimum absolute atomic E-state index is 0.0908. The highest BCUT2D eigenvalue weighted by Gasteiger charge is 2.19. The molecule has 2 heterocycles. The van der Waals surface area contributed by atoms with Crippen LogP contribution in [-0.2, 0) is 11.3 Å². The van der Waals surface area contributed by atoms with Gasteiger partial charge in [-0.2, -0.15) is 10.4 Å². The average Bonchev–Trinajstić information content (AvgIpc) is 3.08. The molecule has 142 valence electrons. The van der Waals surface area contributed by atoms with Gasteiger partial charge in [0.05, 0.1) is 23.6 Å². The normalized spacial score (nSPS) is 10.5. The highest BCUT2D eigenvalue weighted by Crippen LogP contribution is 2.29. The van der Waals surface area contributed by atoms with Crippen molar-refractivity contribution in [1.82, 2.24) is 14.8 Å². The summed E-state index contributed by atoms with van der Waals surface area (Å²) in [5.41, 5.74) is 3.23. The molecule has 3 aromatic rings. The summed E-state index contributed by atoms with van der Waals surface area (Å²) in [6, 6.07) is 9.56. The lowest BCUT2D eigenvalue weighted by Crippen LogP contribution is -2.28. The Morgan fingerprint density at radius 1 is 1.32 bits per heavy atom. The quantitative estimate of drug-likeness (QED) is 0.679. The number of nitrogens with zero attached hydrogens (tertiary/aromatic N) is 5. The van der Waals surface area contributed by atoms with E-state index in [9.17, 15) is 14.9 Å². The largest absolute Gasteiger partial charge is 0.285 e. The van der Waals surface area contributed by atoms with E-state index < -0.39 is 5.56 Å². The van der Waals surface area contributed by atoms with Crippen LogP contribution in [0.4, 0.5) is 10.8 Å². The van der Waals surface area contributed by atoms with Crippen molar-refractivity contribution in [3.05, 3.63) is 68.1 Å². The standard InChI is InChI=1S/C20H19N5O2S/c1-12-6-5-7-17(8-12)25(15(4)26)20-22-16(11-28-20)10-24-19(27)18(9-21)13(2)14(3)23-24/h5-8,11H,10H2,1-4H3. The second-order valence-corrected chi connectivity index (χ2v) is 7.31. The van der Waals surface area contributed by atoms with Crippen molar-refractivity contribution in [1.29, 1.82) is 5.26 Å². The lowest BCUT2D eigenvalue weighted by molar-refractivity contribution is -0.115. The lowest BCUT2D eigenvalue weighted by atomic mass is 10.1. The van der Waals surface area contributed by atoms with E-state index in [0.29, 0.717) is 22.1 Å². The molecule has 0 unspecified atom stereocenters. The number of amides is 1. The maximum atomic E-state index is 12.5. The topological polar surface area (TPSA) is 91.9 Å². The van der Waals surface area contributed by atoms with Crippen LogP contribution in [0.15, 0.2) is 34.4 Å². The fourth-order valence-corrected chi connectivity index (χ4v) is 3.71. The first-order valence-corrected chi connectivity index (χ1v) is 9.50. The van der Waals surface area contributed by atoms with Crippen LogP contribution in [0.5, 0.6) is 0 Å². The fourth-order valence-electron chi connectivity index (χ4n) is 2.83. The first-order valence-electron chi connectivity index (χ1n) is 8.62. The summed E-state index contributed by atoms with van der Waals surface area (Å²) in [6.45, 7) is 7.04. The van der Waals surface area contributed by atoms with Gasteiger partial charge in [-0.15, -0.1) is 11.3 Å². The molecule has 28 heavy (non-hydrogen) atoms. The molecule has 0 spiro atoms. The zero-order valence-corrected chi connectivity index (χ0v) is 16.9. The van der Waals surface area contributed by atoms with E-state index in [0.717, 1.165) is 11.3 Å². The number of aryl methyl sites for hydroxylation is 2. The molecule has 0 N–H and O–H groups in total. The van der Waals surface area contributed by atoms with Crippen molar-refractivity contribution < 1.29 is 4.79 Å². The molecule has 0 saturated heterocycles. The maximum absolute atomic E-state index is 12.5. The van der Waals surface area contributed by atoms with Gasteiger partial charge >= 0.3 is 0 Å². The summed E-state index contributed by atoms with van der Waals surface area (Å²) in [6.07, 6.45) is 0. The minimum atomic E-state index is -0.442. The molecule has 3 rings (SSSR count). The molecule has 0 fully saturated rings. The monoisotopic (exact) mass is 393 g/mol. The second kappa shape index (κ2) is 7.74. The Hall–Kier alpha value is -3.31. The summed E-state index contributed by atoms with van der Waals surface area (Å²) in [7, 11) is 0. The van der Waals surface area contributed by atoms with Crippen molar-refractivity contribution in [2.75, 3.05) is 4.90 Å². The van der Waals surface area contributed by atoms with E-state index in [-0.39, 0.29) is 18.0 Å². The number of hydrogen-bond acceptors (Lipinski definition) is 6. The van der Waals surface area contributed by atoms with Crippen molar-refractivity contribution in [2.24, 2.45) is 0 Å². The predicted octanol–water partition coefficient (Wildman–Crippen LogP) is 3.23. The van der Waals surface area contributed by atoms with E-state index in [1.165, 1.54) is 22.9 Å². The van der Waals surface area contributed by atoms with Gasteiger partial charge in [-0.05, 0) is 44.0 Å². The van der Waals surface area contributed by atoms with E-state index in [4.69, 9.17) is 0 Å². The molecule has 1 amide bonds. The number of benzene rings is 1. The van der Waals surface area contributed by atoms with Gasteiger partial charge < -0.3 is 0 Å². The van der Waals surface area contributed by atoms with E-state index in [2.05, 4.69) is 10.1 Å². The van der Waals surface area contributed by atoms with Gasteiger partial charge in [0.25, 0.3) is 5.56 Å². The summed E-state index contributed by atoms with van der Waals surface area (Å²) >= 11 is 1.31. The number of carbonyl (C=O) groups excluding carboxylic acids is 1. The van der Waals surface area contributed by atoms with Crippen LogP contribution in [0.2, 0.25) is 0 Å². The molecule has 0 aliphatic rings. The zero-order valence-electron chi connectivity index (χ0n) is 16.1. The van der Waals surface area contributed by atoms with Crippen LogP contribution in [0.1, 0.15) is 35.0 Å². The number of anilines is 2. The van der Waals surface area contributed by atoms with Gasteiger partial charge in [-0.1, -0.05) is 12.1 Å². The Kier molecular flexibility index (Phi) is 5.38. The number of aromatic nitrogens is 3. The van der Waals surface area contributed by atoms with Gasteiger partial charge in [0.2, 0.25) is 5.91 Å². The van der Waals surface area contributed by atoms with E-state index in [1.807, 2.05) is 37.3 Å². The molecular formula is C20H19N5O2S. The van der Waals surface area contributed by atoms with E-state index in [1.54, 1.807) is 24.1 Å². The van der Waals surface area contributed by atoms with Crippen molar-refractivity contribution in [3.8, 4) is 6.07 Å². The van der Waals surface area contributed by atoms with Crippen LogP contribution in [0.3, 0.4) is 0 Å². The van der Waals surface area contributed by atoms with Crippen LogP contribution in [-0.4, -0.2) is 20.7 Å². The molecule has 8 heteroatoms. The zero-order chi connectivity index (χ0) is 20.4. The van der Waals surface area contributed by atoms with Crippen molar-refractivity contribution >= 4 is 28.1 Å². The number of nitriles is 1. The molecular weight excluding hydrogens is 374 g/mol. The molecule has 2 aromatic heterocycles. The Labute approximate surface area is 166 Å². The average molecular weight is 393 g/mol. The third-order valence-corrected chi connectivity index (χ3v) is 5.24. The number of hydrogen-bond donors (Lipinski definition) is 0. The summed E-state index contributed by atoms with van der Waals surface area (Å²) in [5.74, 6) is -0.153. The minimum Gasteiger partial charge on any atom is -0.274 e. The molecule has 7 nitrogen and oxygen atoms in total. The van der Waals surface area contributed by atoms with Crippen LogP contribution < -0.4 is 10.5 Å². The first kappa shape index (κ1) is 19.5. The predicted molar refractivity (Wildman–Crippen MR) is 108 cm³/mol. The Morgan fingerprint density at radius 3 is 2.71 bits per heavy atom. The number of carbonyl (C=O) groups is 1. The third-order valence-electron chi connectivity index (χ3n) is 4.37. The summed E-state index contributed by atoms with van der Waals surface area (Å²) in [4.78, 5) is 30.8. The Bertz CT molecular complexity index is 1160. The highest BCUT2D eigenvalue weighted by molar-refractivity contribution is 7.14. The highest BCUT2D eigenvalue weighted by atomic mass is 32.1. The third kappa shape index (κ3) is 3.70. The van der Waals surface area contributed by atoms with E-state index >= 15 is 0 Å². The van der Waals surface area contributed by atoms with Crippen molar-refractivity contribution in [2.45, 2.75) is 34.2 Å². The van der Waals surface area contributed by atoms with Gasteiger partial charge in [0, 0.05) is 12.3 Å². The lowest BCUT2D eigenvalue weighted by Gasteiger charge is -2.18. The molecule has 1 aromatic carbocycles. The van der Waals surface area contributed by atoms with Gasteiger partial charge in [-0.3, -0.25) is 14.5 Å². The molecule has 0 aliphatic carbocycles. The fraction of sp³-hybridized carbons (Fsp3) is 0.250. The van der Waals surface area contributed by atoms with Gasteiger partial charge in [-0.25, -0.2) is 9.67 Å². The van der Waals surface area contributed by atoms with Crippen LogP contribution in [0.25, 0.3) is 0 Å².